The quantitative estimate of drug-likeness (QED) is 0.0780. The predicted octanol–water partition coefficient (Wildman–Crippen LogP) is 13.8. The molecule has 2 aromatic heterocycles. The van der Waals surface area contributed by atoms with Crippen molar-refractivity contribution >= 4 is 62.0 Å². The molecule has 10 aromatic carbocycles. The predicted molar refractivity (Wildman–Crippen MR) is 297 cm³/mol. The van der Waals surface area contributed by atoms with Gasteiger partial charge in [0.25, 0.3) is 0 Å². The smallest absolute Gasteiger partial charge is 0.184 e. The maximum atomic E-state index is 7.98. The van der Waals surface area contributed by atoms with E-state index < -0.39 is 8.07 Å². The monoisotopic (exact) mass is 934 g/mol. The van der Waals surface area contributed by atoms with Gasteiger partial charge in [-0.25, -0.2) is 24.6 Å². The standard InChI is InChI=1S/C65H42N6Si/c1-66-49-36-38-56(60(43-49)67-2)48-35-40-62-58(42-48)57-33-18-19-34-61(57)71(62)50-37-39-55(59(44-50)65-69-63(45-21-8-3-9-22-45)68-64(70-65)46-23-10-4-11-24-46)47-25-20-32-54(41-47)72(51-26-12-5-13-27-51,52-28-14-6-15-29-52)53-30-16-7-17-31-53/h3-44H. The third-order valence-corrected chi connectivity index (χ3v) is 18.4. The fourth-order valence-electron chi connectivity index (χ4n) is 10.4. The van der Waals surface area contributed by atoms with Crippen LogP contribution in [0.4, 0.5) is 11.4 Å². The van der Waals surface area contributed by atoms with Crippen LogP contribution in [0.15, 0.2) is 255 Å². The molecular weight excluding hydrogens is 893 g/mol. The Morgan fingerprint density at radius 3 is 1.43 bits per heavy atom. The van der Waals surface area contributed by atoms with Crippen molar-refractivity contribution in [1.29, 1.82) is 0 Å². The Labute approximate surface area is 419 Å². The van der Waals surface area contributed by atoms with Crippen molar-refractivity contribution in [1.82, 2.24) is 19.5 Å². The Morgan fingerprint density at radius 2 is 0.833 bits per heavy atom. The summed E-state index contributed by atoms with van der Waals surface area (Å²) in [5, 5.41) is 7.28. The van der Waals surface area contributed by atoms with Gasteiger partial charge in [-0.1, -0.05) is 224 Å². The van der Waals surface area contributed by atoms with Crippen LogP contribution in [0.25, 0.3) is 93.6 Å². The van der Waals surface area contributed by atoms with E-state index in [0.29, 0.717) is 28.8 Å². The molecule has 7 heteroatoms. The van der Waals surface area contributed by atoms with Crippen LogP contribution in [0.3, 0.4) is 0 Å². The van der Waals surface area contributed by atoms with Gasteiger partial charge in [-0.15, -0.1) is 0 Å². The van der Waals surface area contributed by atoms with Gasteiger partial charge in [-0.05, 0) is 73.3 Å². The molecule has 0 aliphatic heterocycles. The second-order valence-electron chi connectivity index (χ2n) is 17.7. The molecule has 72 heavy (non-hydrogen) atoms. The number of hydrogen-bond acceptors (Lipinski definition) is 3. The van der Waals surface area contributed by atoms with E-state index in [4.69, 9.17) is 28.1 Å². The highest BCUT2D eigenvalue weighted by Gasteiger charge is 2.41. The summed E-state index contributed by atoms with van der Waals surface area (Å²) in [4.78, 5) is 23.2. The molecule has 0 bridgehead atoms. The van der Waals surface area contributed by atoms with Crippen LogP contribution in [-0.4, -0.2) is 27.6 Å². The third kappa shape index (κ3) is 7.64. The minimum atomic E-state index is -2.90. The Morgan fingerprint density at radius 1 is 0.333 bits per heavy atom. The molecule has 0 atom stereocenters. The van der Waals surface area contributed by atoms with E-state index in [0.717, 1.165) is 66.4 Å². The molecule has 0 N–H and O–H groups in total. The minimum Gasteiger partial charge on any atom is -0.309 e. The Bertz CT molecular complexity index is 3900. The van der Waals surface area contributed by atoms with Gasteiger partial charge in [0.05, 0.1) is 24.2 Å². The number of para-hydroxylation sites is 1. The zero-order valence-electron chi connectivity index (χ0n) is 38.9. The Hall–Kier alpha value is -9.79. The molecule has 0 radical (unpaired) electrons. The Kier molecular flexibility index (Phi) is 11.2. The molecule has 12 aromatic rings. The van der Waals surface area contributed by atoms with Crippen LogP contribution in [0.1, 0.15) is 0 Å². The van der Waals surface area contributed by atoms with Crippen LogP contribution in [-0.2, 0) is 0 Å². The van der Waals surface area contributed by atoms with Crippen molar-refractivity contribution in [2.24, 2.45) is 0 Å². The fraction of sp³-hybridized carbons (Fsp3) is 0. The van der Waals surface area contributed by atoms with Crippen LogP contribution < -0.4 is 20.7 Å². The number of fused-ring (bicyclic) bond motifs is 3. The highest BCUT2D eigenvalue weighted by atomic mass is 28.3. The number of rotatable bonds is 10. The lowest BCUT2D eigenvalue weighted by molar-refractivity contribution is 1.07. The molecule has 0 spiro atoms. The SMILES string of the molecule is [C-]#[N+]c1ccc(-c2ccc3c(c2)c2ccccc2n3-c2ccc(-c3cccc([Si](c4ccccc4)(c4ccccc4)c4ccccc4)c3)c(-c3nc(-c4ccccc4)nc(-c4ccccc4)n3)c2)c([N+]#[C-])c1. The lowest BCUT2D eigenvalue weighted by Crippen LogP contribution is -2.74. The van der Waals surface area contributed by atoms with Gasteiger partial charge >= 0.3 is 0 Å². The summed E-state index contributed by atoms with van der Waals surface area (Å²) in [6.45, 7) is 15.5. The van der Waals surface area contributed by atoms with Gasteiger partial charge in [0.15, 0.2) is 36.9 Å². The Balaban J connectivity index is 1.12. The van der Waals surface area contributed by atoms with Crippen LogP contribution in [0.2, 0.25) is 0 Å². The first-order valence-corrected chi connectivity index (χ1v) is 25.8. The van der Waals surface area contributed by atoms with Gasteiger partial charge in [-0.3, -0.25) is 0 Å². The number of nitrogens with zero attached hydrogens (tertiary/aromatic N) is 6. The van der Waals surface area contributed by atoms with Gasteiger partial charge < -0.3 is 4.57 Å². The summed E-state index contributed by atoms with van der Waals surface area (Å²) < 4.78 is 2.31. The summed E-state index contributed by atoms with van der Waals surface area (Å²) in [5.41, 5.74) is 10.3. The highest BCUT2D eigenvalue weighted by molar-refractivity contribution is 7.19. The largest absolute Gasteiger partial charge is 0.309 e. The van der Waals surface area contributed by atoms with Crippen molar-refractivity contribution in [3.05, 3.63) is 278 Å². The van der Waals surface area contributed by atoms with E-state index in [1.807, 2.05) is 66.7 Å². The molecule has 2 heterocycles. The average Bonchev–Trinajstić information content (AvgIpc) is 3.80. The molecule has 12 rings (SSSR count). The van der Waals surface area contributed by atoms with Crippen molar-refractivity contribution in [2.45, 2.75) is 0 Å². The lowest BCUT2D eigenvalue weighted by Gasteiger charge is -2.34. The van der Waals surface area contributed by atoms with Crippen molar-refractivity contribution in [3.8, 4) is 62.1 Å². The van der Waals surface area contributed by atoms with Crippen LogP contribution >= 0.6 is 0 Å². The topological polar surface area (TPSA) is 52.3 Å². The lowest BCUT2D eigenvalue weighted by atomic mass is 9.98. The molecule has 0 aliphatic rings. The van der Waals surface area contributed by atoms with E-state index in [2.05, 4.69) is 190 Å². The van der Waals surface area contributed by atoms with Crippen molar-refractivity contribution in [3.63, 3.8) is 0 Å². The van der Waals surface area contributed by atoms with E-state index in [9.17, 15) is 0 Å². The molecule has 336 valence electrons. The van der Waals surface area contributed by atoms with Crippen molar-refractivity contribution < 1.29 is 0 Å². The number of benzene rings is 10. The molecule has 0 aliphatic carbocycles. The third-order valence-electron chi connectivity index (χ3n) is 13.6. The van der Waals surface area contributed by atoms with E-state index >= 15 is 0 Å². The maximum absolute atomic E-state index is 7.98. The van der Waals surface area contributed by atoms with Crippen LogP contribution in [0.5, 0.6) is 0 Å². The van der Waals surface area contributed by atoms with Gasteiger partial charge in [0.1, 0.15) is 0 Å². The second-order valence-corrected chi connectivity index (χ2v) is 21.5. The first kappa shape index (κ1) is 43.5. The normalized spacial score (nSPS) is 11.3. The average molecular weight is 935 g/mol. The second kappa shape index (κ2) is 18.6. The highest BCUT2D eigenvalue weighted by Crippen LogP contribution is 2.41. The van der Waals surface area contributed by atoms with E-state index in [-0.39, 0.29) is 0 Å². The zero-order chi connectivity index (χ0) is 48.4. The molecule has 6 nitrogen and oxygen atoms in total. The van der Waals surface area contributed by atoms with E-state index in [1.165, 1.54) is 20.7 Å². The first-order valence-electron chi connectivity index (χ1n) is 23.8. The first-order chi connectivity index (χ1) is 35.6. The minimum absolute atomic E-state index is 0.448. The van der Waals surface area contributed by atoms with Gasteiger partial charge in [0.2, 0.25) is 0 Å². The van der Waals surface area contributed by atoms with Crippen molar-refractivity contribution in [2.75, 3.05) is 0 Å². The molecule has 0 saturated carbocycles. The summed E-state index contributed by atoms with van der Waals surface area (Å²) in [7, 11) is -2.90. The number of aromatic nitrogens is 4. The van der Waals surface area contributed by atoms with Gasteiger partial charge in [0, 0.05) is 33.2 Å². The van der Waals surface area contributed by atoms with E-state index in [1.54, 1.807) is 12.1 Å². The maximum Gasteiger partial charge on any atom is 0.184 e. The molecular formula is C65H42N6Si. The summed E-state index contributed by atoms with van der Waals surface area (Å²) in [6.07, 6.45) is 0. The van der Waals surface area contributed by atoms with Crippen LogP contribution in [0, 0.1) is 13.1 Å². The zero-order valence-corrected chi connectivity index (χ0v) is 39.9. The number of hydrogen-bond donors (Lipinski definition) is 0. The molecule has 0 amide bonds. The summed E-state index contributed by atoms with van der Waals surface area (Å²) in [5.74, 6) is 1.72. The summed E-state index contributed by atoms with van der Waals surface area (Å²) >= 11 is 0. The molecule has 0 saturated heterocycles. The molecule has 0 fully saturated rings. The fourth-order valence-corrected chi connectivity index (χ4v) is 15.2. The molecule has 0 unspecified atom stereocenters. The summed E-state index contributed by atoms with van der Waals surface area (Å²) in [6, 6.07) is 89.3. The van der Waals surface area contributed by atoms with Gasteiger partial charge in [-0.2, -0.15) is 0 Å².